The van der Waals surface area contributed by atoms with Gasteiger partial charge in [0.15, 0.2) is 0 Å². The minimum absolute atomic E-state index is 0.303. The van der Waals surface area contributed by atoms with Gasteiger partial charge in [0.2, 0.25) is 0 Å². The monoisotopic (exact) mass is 210 g/mol. The van der Waals surface area contributed by atoms with Gasteiger partial charge < -0.3 is 4.90 Å². The van der Waals surface area contributed by atoms with Crippen LogP contribution in [0.15, 0.2) is 0 Å². The number of likely N-dealkylation sites (tertiary alicyclic amines) is 2. The number of carbonyl (C=O) groups is 1. The van der Waals surface area contributed by atoms with Gasteiger partial charge in [0.1, 0.15) is 5.78 Å². The van der Waals surface area contributed by atoms with Gasteiger partial charge in [-0.15, -0.1) is 0 Å². The molecule has 0 N–H and O–H groups in total. The van der Waals surface area contributed by atoms with E-state index in [1.54, 1.807) is 6.92 Å². The number of hydrogen-bond donors (Lipinski definition) is 0. The number of piperidine rings is 2. The van der Waals surface area contributed by atoms with Gasteiger partial charge in [-0.1, -0.05) is 0 Å². The van der Waals surface area contributed by atoms with Crippen LogP contribution in [-0.4, -0.2) is 54.9 Å². The van der Waals surface area contributed by atoms with Crippen molar-refractivity contribution in [2.45, 2.75) is 32.2 Å². The lowest BCUT2D eigenvalue weighted by Gasteiger charge is -2.45. The van der Waals surface area contributed by atoms with E-state index in [2.05, 4.69) is 16.8 Å². The largest absolute Gasteiger partial charge is 0.303 e. The first-order valence-corrected chi connectivity index (χ1v) is 6.09. The predicted octanol–water partition coefficient (Wildman–Crippen LogP) is 0.992. The Bertz CT molecular complexity index is 242. The van der Waals surface area contributed by atoms with Gasteiger partial charge in [-0.3, -0.25) is 9.69 Å². The van der Waals surface area contributed by atoms with Crippen LogP contribution < -0.4 is 0 Å². The molecule has 0 amide bonds. The zero-order valence-corrected chi connectivity index (χ0v) is 9.91. The van der Waals surface area contributed by atoms with Crippen molar-refractivity contribution in [3.05, 3.63) is 0 Å². The maximum atomic E-state index is 11.1. The van der Waals surface area contributed by atoms with Crippen molar-refractivity contribution >= 4 is 5.78 Å². The molecule has 0 radical (unpaired) electrons. The highest BCUT2D eigenvalue weighted by Crippen LogP contribution is 2.29. The van der Waals surface area contributed by atoms with Gasteiger partial charge in [0, 0.05) is 19.1 Å². The molecule has 2 fully saturated rings. The van der Waals surface area contributed by atoms with Crippen molar-refractivity contribution in [2.75, 3.05) is 33.2 Å². The molecule has 0 aromatic rings. The first-order valence-electron chi connectivity index (χ1n) is 6.09. The number of carbonyl (C=O) groups excluding carboxylic acids is 1. The molecule has 0 aliphatic carbocycles. The summed E-state index contributed by atoms with van der Waals surface area (Å²) < 4.78 is 0. The normalized spacial score (nSPS) is 33.7. The van der Waals surface area contributed by atoms with Crippen molar-refractivity contribution in [1.82, 2.24) is 9.80 Å². The lowest BCUT2D eigenvalue weighted by Crippen LogP contribution is -2.53. The van der Waals surface area contributed by atoms with Crippen molar-refractivity contribution in [3.63, 3.8) is 0 Å². The summed E-state index contributed by atoms with van der Waals surface area (Å²) in [5.74, 6) is 1.11. The first-order chi connectivity index (χ1) is 7.16. The Morgan fingerprint density at radius 3 is 2.87 bits per heavy atom. The third-order valence-electron chi connectivity index (χ3n) is 3.88. The van der Waals surface area contributed by atoms with E-state index < -0.39 is 0 Å². The summed E-state index contributed by atoms with van der Waals surface area (Å²) >= 11 is 0. The highest BCUT2D eigenvalue weighted by Gasteiger charge is 2.34. The SMILES string of the molecule is CC(=O)CN1CCC2C(CCCN2C)C1. The Labute approximate surface area is 92.4 Å². The van der Waals surface area contributed by atoms with E-state index in [4.69, 9.17) is 0 Å². The number of fused-ring (bicyclic) bond motifs is 1. The van der Waals surface area contributed by atoms with E-state index in [0.29, 0.717) is 12.3 Å². The highest BCUT2D eigenvalue weighted by atomic mass is 16.1. The summed E-state index contributed by atoms with van der Waals surface area (Å²) in [6.45, 7) is 5.85. The zero-order valence-electron chi connectivity index (χ0n) is 9.91. The molecule has 3 nitrogen and oxygen atoms in total. The summed E-state index contributed by atoms with van der Waals surface area (Å²) in [5, 5.41) is 0. The Kier molecular flexibility index (Phi) is 3.42. The van der Waals surface area contributed by atoms with Crippen LogP contribution in [0.2, 0.25) is 0 Å². The molecule has 3 heteroatoms. The molecule has 0 spiro atoms. The smallest absolute Gasteiger partial charge is 0.143 e. The Balaban J connectivity index is 1.91. The summed E-state index contributed by atoms with van der Waals surface area (Å²) in [6, 6.07) is 0.780. The van der Waals surface area contributed by atoms with Gasteiger partial charge in [0.05, 0.1) is 6.54 Å². The standard InChI is InChI=1S/C12H22N2O/c1-10(15)8-14-7-5-12-11(9-14)4-3-6-13(12)2/h11-12H,3-9H2,1-2H3. The quantitative estimate of drug-likeness (QED) is 0.679. The molecule has 0 bridgehead atoms. The molecule has 2 heterocycles. The van der Waals surface area contributed by atoms with Crippen molar-refractivity contribution in [1.29, 1.82) is 0 Å². The lowest BCUT2D eigenvalue weighted by molar-refractivity contribution is -0.119. The minimum atomic E-state index is 0.303. The Morgan fingerprint density at radius 1 is 1.33 bits per heavy atom. The van der Waals surface area contributed by atoms with Crippen LogP contribution in [-0.2, 0) is 4.79 Å². The van der Waals surface area contributed by atoms with E-state index >= 15 is 0 Å². The summed E-state index contributed by atoms with van der Waals surface area (Å²) in [5.41, 5.74) is 0. The van der Waals surface area contributed by atoms with E-state index in [0.717, 1.165) is 25.0 Å². The number of hydrogen-bond acceptors (Lipinski definition) is 3. The fourth-order valence-corrected chi connectivity index (χ4v) is 3.19. The van der Waals surface area contributed by atoms with Crippen molar-refractivity contribution in [2.24, 2.45) is 5.92 Å². The molecule has 0 saturated carbocycles. The van der Waals surface area contributed by atoms with E-state index in [1.165, 1.54) is 25.8 Å². The third-order valence-corrected chi connectivity index (χ3v) is 3.88. The van der Waals surface area contributed by atoms with Crippen LogP contribution in [0.25, 0.3) is 0 Å². The average molecular weight is 210 g/mol. The van der Waals surface area contributed by atoms with Gasteiger partial charge in [-0.2, -0.15) is 0 Å². The minimum Gasteiger partial charge on any atom is -0.303 e. The lowest BCUT2D eigenvalue weighted by atomic mass is 9.84. The second kappa shape index (κ2) is 4.62. The summed E-state index contributed by atoms with van der Waals surface area (Å²) in [4.78, 5) is 15.9. The van der Waals surface area contributed by atoms with Gasteiger partial charge in [0.25, 0.3) is 0 Å². The van der Waals surface area contributed by atoms with E-state index in [-0.39, 0.29) is 0 Å². The molecule has 0 aromatic heterocycles. The topological polar surface area (TPSA) is 23.6 Å². The Hall–Kier alpha value is -0.410. The van der Waals surface area contributed by atoms with Crippen LogP contribution in [0.4, 0.5) is 0 Å². The van der Waals surface area contributed by atoms with Crippen LogP contribution in [0.5, 0.6) is 0 Å². The maximum absolute atomic E-state index is 11.1. The number of nitrogens with zero attached hydrogens (tertiary/aromatic N) is 2. The summed E-state index contributed by atoms with van der Waals surface area (Å²) in [6.07, 6.45) is 3.92. The zero-order chi connectivity index (χ0) is 10.8. The van der Waals surface area contributed by atoms with E-state index in [1.807, 2.05) is 0 Å². The van der Waals surface area contributed by atoms with Crippen LogP contribution in [0, 0.1) is 5.92 Å². The first kappa shape index (κ1) is 11.1. The molecule has 2 atom stereocenters. The molecule has 2 rings (SSSR count). The molecule has 15 heavy (non-hydrogen) atoms. The average Bonchev–Trinajstić information content (AvgIpc) is 2.17. The Morgan fingerprint density at radius 2 is 2.13 bits per heavy atom. The predicted molar refractivity (Wildman–Crippen MR) is 60.9 cm³/mol. The third kappa shape index (κ3) is 2.58. The second-order valence-electron chi connectivity index (χ2n) is 5.18. The molecule has 2 aliphatic heterocycles. The van der Waals surface area contributed by atoms with Crippen LogP contribution in [0.3, 0.4) is 0 Å². The maximum Gasteiger partial charge on any atom is 0.143 e. The van der Waals surface area contributed by atoms with Gasteiger partial charge in [-0.25, -0.2) is 0 Å². The molecule has 86 valence electrons. The molecule has 2 saturated heterocycles. The van der Waals surface area contributed by atoms with Crippen LogP contribution >= 0.6 is 0 Å². The molecular formula is C12H22N2O. The molecule has 0 aromatic carbocycles. The van der Waals surface area contributed by atoms with Crippen LogP contribution in [0.1, 0.15) is 26.2 Å². The number of rotatable bonds is 2. The summed E-state index contributed by atoms with van der Waals surface area (Å²) in [7, 11) is 2.25. The molecule has 2 unspecified atom stereocenters. The fraction of sp³-hybridized carbons (Fsp3) is 0.917. The molecular weight excluding hydrogens is 188 g/mol. The number of ketones is 1. The van der Waals surface area contributed by atoms with Gasteiger partial charge in [-0.05, 0) is 45.7 Å². The van der Waals surface area contributed by atoms with Gasteiger partial charge >= 0.3 is 0 Å². The van der Waals surface area contributed by atoms with E-state index in [9.17, 15) is 4.79 Å². The highest BCUT2D eigenvalue weighted by molar-refractivity contribution is 5.77. The number of Topliss-reactive ketones (excluding diaryl/α,β-unsaturated/α-hetero) is 1. The van der Waals surface area contributed by atoms with Crippen molar-refractivity contribution < 1.29 is 4.79 Å². The van der Waals surface area contributed by atoms with Crippen molar-refractivity contribution in [3.8, 4) is 0 Å². The fourth-order valence-electron chi connectivity index (χ4n) is 3.19. The second-order valence-corrected chi connectivity index (χ2v) is 5.18. The molecule has 2 aliphatic rings.